The molecule has 0 spiro atoms. The molecule has 0 aliphatic carbocycles. The summed E-state index contributed by atoms with van der Waals surface area (Å²) in [4.78, 5) is 26.0. The third-order valence-corrected chi connectivity index (χ3v) is 7.34. The highest BCUT2D eigenvalue weighted by Gasteiger charge is 2.49. The first-order valence-electron chi connectivity index (χ1n) is 12.2. The second-order valence-corrected chi connectivity index (χ2v) is 9.66. The van der Waals surface area contributed by atoms with Gasteiger partial charge in [-0.2, -0.15) is 4.98 Å². The maximum absolute atomic E-state index is 16.0. The van der Waals surface area contributed by atoms with Gasteiger partial charge in [0.2, 0.25) is 0 Å². The van der Waals surface area contributed by atoms with Crippen LogP contribution in [0.15, 0.2) is 47.4 Å². The zero-order chi connectivity index (χ0) is 25.6. The number of hydrogen-bond acceptors (Lipinski definition) is 7. The van der Waals surface area contributed by atoms with Crippen molar-refractivity contribution in [2.75, 3.05) is 33.6 Å². The van der Waals surface area contributed by atoms with Gasteiger partial charge in [0.25, 0.3) is 11.6 Å². The zero-order valence-corrected chi connectivity index (χ0v) is 20.3. The van der Waals surface area contributed by atoms with Crippen molar-refractivity contribution in [3.8, 4) is 23.0 Å². The van der Waals surface area contributed by atoms with Crippen molar-refractivity contribution in [1.82, 2.24) is 19.9 Å². The topological polar surface area (TPSA) is 89.6 Å². The molecule has 2 aromatic carbocycles. The van der Waals surface area contributed by atoms with Crippen LogP contribution in [0.3, 0.4) is 0 Å². The van der Waals surface area contributed by atoms with Crippen molar-refractivity contribution in [3.05, 3.63) is 58.8 Å². The molecule has 0 unspecified atom stereocenters. The van der Waals surface area contributed by atoms with Gasteiger partial charge in [-0.1, -0.05) is 24.3 Å². The molecule has 4 heterocycles. The normalized spacial score (nSPS) is 21.5. The zero-order valence-electron chi connectivity index (χ0n) is 20.3. The van der Waals surface area contributed by atoms with Gasteiger partial charge in [0.05, 0.1) is 10.9 Å². The molecule has 0 bridgehead atoms. The Morgan fingerprint density at radius 2 is 2.08 bits per heavy atom. The van der Waals surface area contributed by atoms with Crippen LogP contribution >= 0.6 is 0 Å². The SMILES string of the molecule is COCOc1cc(-c2ncc3c(=O)[nH]c(OC[C@@]45CCCN4C[C@H](F)C5)nc3c2F)c2ccccc2c1. The second kappa shape index (κ2) is 9.35. The number of pyridine rings is 1. The molecule has 4 aromatic rings. The molecule has 2 aromatic heterocycles. The minimum Gasteiger partial charge on any atom is -0.468 e. The third-order valence-electron chi connectivity index (χ3n) is 7.34. The van der Waals surface area contributed by atoms with Crippen LogP contribution in [0.1, 0.15) is 19.3 Å². The first-order chi connectivity index (χ1) is 18.0. The lowest BCUT2D eigenvalue weighted by molar-refractivity contribution is 0.0512. The van der Waals surface area contributed by atoms with Crippen LogP contribution in [-0.2, 0) is 4.74 Å². The van der Waals surface area contributed by atoms with E-state index in [-0.39, 0.29) is 36.0 Å². The van der Waals surface area contributed by atoms with Crippen LogP contribution in [0, 0.1) is 5.82 Å². The number of hydrogen-bond donors (Lipinski definition) is 1. The van der Waals surface area contributed by atoms with Gasteiger partial charge >= 0.3 is 0 Å². The molecule has 0 radical (unpaired) electrons. The number of rotatable bonds is 7. The monoisotopic (exact) mass is 508 g/mol. The molecule has 1 N–H and O–H groups in total. The summed E-state index contributed by atoms with van der Waals surface area (Å²) in [5.74, 6) is -0.254. The summed E-state index contributed by atoms with van der Waals surface area (Å²) >= 11 is 0. The summed E-state index contributed by atoms with van der Waals surface area (Å²) in [5.41, 5.74) is -0.598. The van der Waals surface area contributed by atoms with E-state index in [1.165, 1.54) is 13.3 Å². The van der Waals surface area contributed by atoms with Crippen LogP contribution in [-0.4, -0.2) is 65.2 Å². The first kappa shape index (κ1) is 23.7. The minimum absolute atomic E-state index is 0.00929. The second-order valence-electron chi connectivity index (χ2n) is 9.66. The number of nitrogens with one attached hydrogen (secondary N) is 1. The van der Waals surface area contributed by atoms with E-state index in [0.29, 0.717) is 24.3 Å². The highest BCUT2D eigenvalue weighted by atomic mass is 19.1. The van der Waals surface area contributed by atoms with Crippen LogP contribution in [0.25, 0.3) is 32.9 Å². The fourth-order valence-corrected chi connectivity index (χ4v) is 5.64. The molecule has 2 saturated heterocycles. The fourth-order valence-electron chi connectivity index (χ4n) is 5.64. The maximum Gasteiger partial charge on any atom is 0.297 e. The average molecular weight is 509 g/mol. The van der Waals surface area contributed by atoms with Gasteiger partial charge in [-0.05, 0) is 42.3 Å². The Labute approximate surface area is 211 Å². The van der Waals surface area contributed by atoms with E-state index in [1.807, 2.05) is 30.3 Å². The van der Waals surface area contributed by atoms with Crippen molar-refractivity contribution in [1.29, 1.82) is 0 Å². The average Bonchev–Trinajstić information content (AvgIpc) is 3.42. The summed E-state index contributed by atoms with van der Waals surface area (Å²) < 4.78 is 46.6. The molecule has 2 fully saturated rings. The van der Waals surface area contributed by atoms with E-state index in [9.17, 15) is 9.18 Å². The number of nitrogens with zero attached hydrogens (tertiary/aromatic N) is 3. The molecule has 37 heavy (non-hydrogen) atoms. The summed E-state index contributed by atoms with van der Waals surface area (Å²) in [6, 6.07) is 10.9. The number of alkyl halides is 1. The first-order valence-corrected chi connectivity index (χ1v) is 12.2. The van der Waals surface area contributed by atoms with Gasteiger partial charge in [-0.3, -0.25) is 19.7 Å². The molecular formula is C27H26F2N4O4. The molecule has 8 nitrogen and oxygen atoms in total. The fraction of sp³-hybridized carbons (Fsp3) is 0.370. The lowest BCUT2D eigenvalue weighted by Gasteiger charge is -2.30. The van der Waals surface area contributed by atoms with E-state index in [4.69, 9.17) is 14.2 Å². The van der Waals surface area contributed by atoms with Gasteiger partial charge in [0.1, 0.15) is 29.7 Å². The molecule has 0 amide bonds. The summed E-state index contributed by atoms with van der Waals surface area (Å²) in [5, 5.41) is 1.61. The van der Waals surface area contributed by atoms with E-state index < -0.39 is 23.1 Å². The largest absolute Gasteiger partial charge is 0.468 e. The Morgan fingerprint density at radius 3 is 2.95 bits per heavy atom. The van der Waals surface area contributed by atoms with Gasteiger partial charge < -0.3 is 14.2 Å². The van der Waals surface area contributed by atoms with E-state index in [1.54, 1.807) is 6.07 Å². The smallest absolute Gasteiger partial charge is 0.297 e. The van der Waals surface area contributed by atoms with Crippen molar-refractivity contribution in [2.24, 2.45) is 0 Å². The standard InChI is InChI=1S/C27H26F2N4O4/c1-35-15-37-18-9-16-5-2-3-6-19(16)20(10-18)23-22(29)24-21(12-30-23)25(34)32-26(31-24)36-14-27-7-4-8-33(27)13-17(28)11-27/h2-3,5-6,9-10,12,17H,4,7-8,11,13-15H2,1H3,(H,31,32,34)/t17-,27+/m1/s1. The molecule has 2 aliphatic rings. The highest BCUT2D eigenvalue weighted by molar-refractivity contribution is 5.98. The molecule has 0 saturated carbocycles. The van der Waals surface area contributed by atoms with Gasteiger partial charge in [-0.25, -0.2) is 8.78 Å². The van der Waals surface area contributed by atoms with E-state index >= 15 is 4.39 Å². The molecule has 10 heteroatoms. The maximum atomic E-state index is 16.0. The van der Waals surface area contributed by atoms with Crippen molar-refractivity contribution >= 4 is 21.7 Å². The minimum atomic E-state index is -0.906. The Kier molecular flexibility index (Phi) is 6.00. The number of fused-ring (bicyclic) bond motifs is 3. The summed E-state index contributed by atoms with van der Waals surface area (Å²) in [6.45, 7) is 1.40. The summed E-state index contributed by atoms with van der Waals surface area (Å²) in [7, 11) is 1.52. The predicted molar refractivity (Wildman–Crippen MR) is 134 cm³/mol. The number of aromatic amines is 1. The Morgan fingerprint density at radius 1 is 1.22 bits per heavy atom. The number of methoxy groups -OCH3 is 1. The van der Waals surface area contributed by atoms with Gasteiger partial charge in [0.15, 0.2) is 12.6 Å². The van der Waals surface area contributed by atoms with Gasteiger partial charge in [-0.15, -0.1) is 0 Å². The highest BCUT2D eigenvalue weighted by Crippen LogP contribution is 2.40. The van der Waals surface area contributed by atoms with Crippen LogP contribution < -0.4 is 15.0 Å². The molecule has 2 aliphatic heterocycles. The molecule has 192 valence electrons. The van der Waals surface area contributed by atoms with E-state index in [2.05, 4.69) is 19.9 Å². The number of H-pyrrole nitrogens is 1. The quantitative estimate of drug-likeness (QED) is 0.374. The number of benzene rings is 2. The summed E-state index contributed by atoms with van der Waals surface area (Å²) in [6.07, 6.45) is 2.55. The molecule has 2 atom stereocenters. The Bertz CT molecular complexity index is 1540. The Hall–Kier alpha value is -3.63. The lowest BCUT2D eigenvalue weighted by Crippen LogP contribution is -2.43. The third kappa shape index (κ3) is 4.19. The number of halogens is 2. The van der Waals surface area contributed by atoms with Crippen LogP contribution in [0.5, 0.6) is 11.8 Å². The molecule has 6 rings (SSSR count). The van der Waals surface area contributed by atoms with E-state index in [0.717, 1.165) is 30.2 Å². The van der Waals surface area contributed by atoms with Crippen LogP contribution in [0.4, 0.5) is 8.78 Å². The lowest BCUT2D eigenvalue weighted by atomic mass is 9.95. The number of aromatic nitrogens is 3. The number of ether oxygens (including phenoxy) is 3. The molecular weight excluding hydrogens is 482 g/mol. The van der Waals surface area contributed by atoms with Gasteiger partial charge in [0, 0.05) is 31.8 Å². The Balaban J connectivity index is 1.40. The predicted octanol–water partition coefficient (Wildman–Crippen LogP) is 4.22. The van der Waals surface area contributed by atoms with Crippen LogP contribution in [0.2, 0.25) is 0 Å². The van der Waals surface area contributed by atoms with Crippen molar-refractivity contribution < 1.29 is 23.0 Å². The van der Waals surface area contributed by atoms with Crippen molar-refractivity contribution in [2.45, 2.75) is 31.0 Å². The van der Waals surface area contributed by atoms with Crippen molar-refractivity contribution in [3.63, 3.8) is 0 Å².